The van der Waals surface area contributed by atoms with Gasteiger partial charge in [-0.05, 0) is 11.6 Å². The number of nitriles is 1. The second kappa shape index (κ2) is 7.36. The molecule has 110 valence electrons. The molecule has 1 aromatic carbocycles. The Labute approximate surface area is 119 Å². The monoisotopic (exact) mass is 298 g/mol. The molecule has 0 aromatic heterocycles. The maximum absolute atomic E-state index is 12.2. The Morgan fingerprint density at radius 3 is 2.70 bits per heavy atom. The van der Waals surface area contributed by atoms with Gasteiger partial charge in [-0.2, -0.15) is 5.26 Å². The standard InChI is InChI=1S/C13H18N2O4S/c1-15(8-13(16)9-19-2)20(17,18)10-12-6-4-3-5-11(12)7-14/h3-6,13,16H,8-10H2,1-2H3. The number of ether oxygens (including phenoxy) is 1. The number of methoxy groups -OCH3 is 1. The van der Waals surface area contributed by atoms with Crippen molar-refractivity contribution in [2.24, 2.45) is 0 Å². The fourth-order valence-corrected chi connectivity index (χ4v) is 2.98. The molecule has 1 aromatic rings. The van der Waals surface area contributed by atoms with Crippen molar-refractivity contribution >= 4 is 10.0 Å². The lowest BCUT2D eigenvalue weighted by atomic mass is 10.1. The SMILES string of the molecule is COCC(O)CN(C)S(=O)(=O)Cc1ccccc1C#N. The molecule has 6 nitrogen and oxygen atoms in total. The van der Waals surface area contributed by atoms with Gasteiger partial charge in [-0.15, -0.1) is 0 Å². The summed E-state index contributed by atoms with van der Waals surface area (Å²) in [6.45, 7) is 0.0134. The summed E-state index contributed by atoms with van der Waals surface area (Å²) < 4.78 is 30.2. The zero-order valence-electron chi connectivity index (χ0n) is 11.5. The van der Waals surface area contributed by atoms with Crippen molar-refractivity contribution in [1.29, 1.82) is 5.26 Å². The van der Waals surface area contributed by atoms with Crippen LogP contribution in [0.4, 0.5) is 0 Å². The van der Waals surface area contributed by atoms with Crippen molar-refractivity contribution in [3.63, 3.8) is 0 Å². The summed E-state index contributed by atoms with van der Waals surface area (Å²) in [4.78, 5) is 0. The van der Waals surface area contributed by atoms with Crippen LogP contribution in [-0.4, -0.2) is 51.2 Å². The molecule has 0 saturated heterocycles. The molecular weight excluding hydrogens is 280 g/mol. The van der Waals surface area contributed by atoms with Crippen molar-refractivity contribution < 1.29 is 18.3 Å². The number of rotatable bonds is 7. The fraction of sp³-hybridized carbons (Fsp3) is 0.462. The molecule has 0 fully saturated rings. The van der Waals surface area contributed by atoms with E-state index in [1.54, 1.807) is 24.3 Å². The van der Waals surface area contributed by atoms with Gasteiger partial charge in [0.1, 0.15) is 0 Å². The van der Waals surface area contributed by atoms with Crippen LogP contribution in [0.15, 0.2) is 24.3 Å². The van der Waals surface area contributed by atoms with E-state index in [4.69, 9.17) is 10.00 Å². The molecule has 1 unspecified atom stereocenters. The van der Waals surface area contributed by atoms with E-state index in [0.29, 0.717) is 11.1 Å². The number of likely N-dealkylation sites (N-methyl/N-ethyl adjacent to an activating group) is 1. The Morgan fingerprint density at radius 1 is 1.45 bits per heavy atom. The van der Waals surface area contributed by atoms with Crippen LogP contribution in [0.1, 0.15) is 11.1 Å². The molecule has 0 aliphatic rings. The minimum absolute atomic E-state index is 0.0507. The molecule has 7 heteroatoms. The average Bonchev–Trinajstić information content (AvgIpc) is 2.39. The maximum Gasteiger partial charge on any atom is 0.218 e. The van der Waals surface area contributed by atoms with E-state index in [1.807, 2.05) is 6.07 Å². The highest BCUT2D eigenvalue weighted by Gasteiger charge is 2.22. The van der Waals surface area contributed by atoms with Gasteiger partial charge in [0.2, 0.25) is 10.0 Å². The summed E-state index contributed by atoms with van der Waals surface area (Å²) in [7, 11) is -0.769. The van der Waals surface area contributed by atoms with Crippen molar-refractivity contribution in [3.05, 3.63) is 35.4 Å². The van der Waals surface area contributed by atoms with E-state index in [1.165, 1.54) is 14.2 Å². The van der Waals surface area contributed by atoms with E-state index < -0.39 is 16.1 Å². The number of hydrogen-bond donors (Lipinski definition) is 1. The number of hydrogen-bond acceptors (Lipinski definition) is 5. The van der Waals surface area contributed by atoms with Gasteiger partial charge in [-0.1, -0.05) is 18.2 Å². The van der Waals surface area contributed by atoms with Crippen LogP contribution in [0, 0.1) is 11.3 Å². The van der Waals surface area contributed by atoms with Crippen LogP contribution in [0.3, 0.4) is 0 Å². The van der Waals surface area contributed by atoms with Crippen LogP contribution in [0.5, 0.6) is 0 Å². The summed E-state index contributed by atoms with van der Waals surface area (Å²) in [5.41, 5.74) is 0.782. The Morgan fingerprint density at radius 2 is 2.10 bits per heavy atom. The molecule has 1 N–H and O–H groups in total. The van der Waals surface area contributed by atoms with Gasteiger partial charge in [-0.25, -0.2) is 12.7 Å². The molecule has 0 saturated carbocycles. The highest BCUT2D eigenvalue weighted by molar-refractivity contribution is 7.88. The summed E-state index contributed by atoms with van der Waals surface area (Å²) in [5, 5.41) is 18.5. The van der Waals surface area contributed by atoms with Crippen molar-refractivity contribution in [1.82, 2.24) is 4.31 Å². The number of benzene rings is 1. The minimum Gasteiger partial charge on any atom is -0.389 e. The molecular formula is C13H18N2O4S. The second-order valence-electron chi connectivity index (χ2n) is 4.41. The van der Waals surface area contributed by atoms with Crippen LogP contribution in [0.25, 0.3) is 0 Å². The fourth-order valence-electron chi connectivity index (χ4n) is 1.72. The molecule has 0 aliphatic carbocycles. The van der Waals surface area contributed by atoms with Gasteiger partial charge in [0.05, 0.1) is 30.1 Å². The van der Waals surface area contributed by atoms with E-state index in [2.05, 4.69) is 0 Å². The minimum atomic E-state index is -3.59. The number of nitrogens with zero attached hydrogens (tertiary/aromatic N) is 2. The first kappa shape index (κ1) is 16.6. The molecule has 0 radical (unpaired) electrons. The topological polar surface area (TPSA) is 90.6 Å². The van der Waals surface area contributed by atoms with E-state index in [0.717, 1.165) is 4.31 Å². The smallest absolute Gasteiger partial charge is 0.218 e. The highest BCUT2D eigenvalue weighted by atomic mass is 32.2. The van der Waals surface area contributed by atoms with Crippen molar-refractivity contribution in [2.45, 2.75) is 11.9 Å². The van der Waals surface area contributed by atoms with Crippen LogP contribution in [-0.2, 0) is 20.5 Å². The van der Waals surface area contributed by atoms with Gasteiger partial charge in [0.15, 0.2) is 0 Å². The Balaban J connectivity index is 2.82. The average molecular weight is 298 g/mol. The predicted octanol–water partition coefficient (Wildman–Crippen LogP) is 0.327. The van der Waals surface area contributed by atoms with Gasteiger partial charge in [0, 0.05) is 20.7 Å². The Kier molecular flexibility index (Phi) is 6.10. The molecule has 0 spiro atoms. The summed E-state index contributed by atoms with van der Waals surface area (Å²) in [6, 6.07) is 8.51. The first-order valence-corrected chi connectivity index (χ1v) is 7.60. The molecule has 20 heavy (non-hydrogen) atoms. The number of aliphatic hydroxyl groups is 1. The third kappa shape index (κ3) is 4.58. The summed E-state index contributed by atoms with van der Waals surface area (Å²) >= 11 is 0. The first-order chi connectivity index (χ1) is 9.40. The van der Waals surface area contributed by atoms with Crippen LogP contribution in [0.2, 0.25) is 0 Å². The molecule has 0 aliphatic heterocycles. The van der Waals surface area contributed by atoms with E-state index in [-0.39, 0.29) is 18.9 Å². The normalized spacial score (nSPS) is 13.2. The lowest BCUT2D eigenvalue weighted by molar-refractivity contribution is 0.0554. The first-order valence-electron chi connectivity index (χ1n) is 5.99. The molecule has 0 amide bonds. The van der Waals surface area contributed by atoms with Gasteiger partial charge >= 0.3 is 0 Å². The number of sulfonamides is 1. The molecule has 0 bridgehead atoms. The lowest BCUT2D eigenvalue weighted by Gasteiger charge is -2.20. The zero-order valence-corrected chi connectivity index (χ0v) is 12.3. The Bertz CT molecular complexity index is 580. The summed E-state index contributed by atoms with van der Waals surface area (Å²) in [5.74, 6) is -0.271. The second-order valence-corrected chi connectivity index (χ2v) is 6.49. The van der Waals surface area contributed by atoms with Crippen molar-refractivity contribution in [2.75, 3.05) is 27.3 Å². The third-order valence-corrected chi connectivity index (χ3v) is 4.55. The zero-order chi connectivity index (χ0) is 15.2. The lowest BCUT2D eigenvalue weighted by Crippen LogP contribution is -2.37. The van der Waals surface area contributed by atoms with Gasteiger partial charge in [-0.3, -0.25) is 0 Å². The van der Waals surface area contributed by atoms with Gasteiger partial charge < -0.3 is 9.84 Å². The molecule has 1 rings (SSSR count). The van der Waals surface area contributed by atoms with Crippen molar-refractivity contribution in [3.8, 4) is 6.07 Å². The van der Waals surface area contributed by atoms with Gasteiger partial charge in [0.25, 0.3) is 0 Å². The maximum atomic E-state index is 12.2. The largest absolute Gasteiger partial charge is 0.389 e. The molecule has 0 heterocycles. The third-order valence-electron chi connectivity index (χ3n) is 2.78. The highest BCUT2D eigenvalue weighted by Crippen LogP contribution is 2.14. The van der Waals surface area contributed by atoms with E-state index in [9.17, 15) is 13.5 Å². The Hall–Kier alpha value is -1.46. The molecule has 1 atom stereocenters. The van der Waals surface area contributed by atoms with E-state index >= 15 is 0 Å². The van der Waals surface area contributed by atoms with Crippen LogP contribution >= 0.6 is 0 Å². The summed E-state index contributed by atoms with van der Waals surface area (Å²) in [6.07, 6.45) is -0.883. The number of aliphatic hydroxyl groups excluding tert-OH is 1. The predicted molar refractivity (Wildman–Crippen MR) is 74.3 cm³/mol. The quantitative estimate of drug-likeness (QED) is 0.783. The van der Waals surface area contributed by atoms with Crippen LogP contribution < -0.4 is 0 Å².